The molecular weight excluding hydrogens is 237 g/mol. The van der Waals surface area contributed by atoms with Crippen LogP contribution < -0.4 is 0 Å². The van der Waals surface area contributed by atoms with E-state index in [4.69, 9.17) is 0 Å². The quantitative estimate of drug-likeness (QED) is 0.828. The van der Waals surface area contributed by atoms with Crippen LogP contribution in [0.15, 0.2) is 29.2 Å². The summed E-state index contributed by atoms with van der Waals surface area (Å²) < 4.78 is 36.4. The maximum absolute atomic E-state index is 12.1. The summed E-state index contributed by atoms with van der Waals surface area (Å²) >= 11 is -0.120. The van der Waals surface area contributed by atoms with Gasteiger partial charge in [0.1, 0.15) is 0 Å². The Bertz CT molecular complexity index is 363. The van der Waals surface area contributed by atoms with E-state index in [1.165, 1.54) is 12.1 Å². The minimum Gasteiger partial charge on any atom is -0.390 e. The molecule has 0 bridgehead atoms. The Morgan fingerprint density at radius 1 is 1.31 bits per heavy atom. The van der Waals surface area contributed by atoms with Gasteiger partial charge >= 0.3 is 5.51 Å². The zero-order valence-electron chi connectivity index (χ0n) is 8.42. The Morgan fingerprint density at radius 2 is 2.00 bits per heavy atom. The molecule has 1 fully saturated rings. The van der Waals surface area contributed by atoms with Gasteiger partial charge in [-0.25, -0.2) is 0 Å². The van der Waals surface area contributed by atoms with Gasteiger partial charge in [0.15, 0.2) is 0 Å². The van der Waals surface area contributed by atoms with Crippen molar-refractivity contribution in [3.63, 3.8) is 0 Å². The highest BCUT2D eigenvalue weighted by molar-refractivity contribution is 8.00. The van der Waals surface area contributed by atoms with Crippen LogP contribution in [0.3, 0.4) is 0 Å². The van der Waals surface area contributed by atoms with Crippen LogP contribution in [0.5, 0.6) is 0 Å². The maximum atomic E-state index is 12.1. The smallest absolute Gasteiger partial charge is 0.390 e. The molecule has 0 aromatic heterocycles. The molecule has 2 rings (SSSR count). The van der Waals surface area contributed by atoms with Crippen molar-refractivity contribution in [1.82, 2.24) is 0 Å². The molecule has 0 unspecified atom stereocenters. The van der Waals surface area contributed by atoms with Gasteiger partial charge in [0.05, 0.1) is 5.60 Å². The number of aliphatic hydroxyl groups is 1. The van der Waals surface area contributed by atoms with E-state index in [0.29, 0.717) is 6.42 Å². The fourth-order valence-electron chi connectivity index (χ4n) is 1.55. The molecule has 0 spiro atoms. The highest BCUT2D eigenvalue weighted by Gasteiger charge is 2.40. The minimum atomic E-state index is -4.25. The summed E-state index contributed by atoms with van der Waals surface area (Å²) in [5.41, 5.74) is -4.16. The molecule has 1 N–H and O–H groups in total. The van der Waals surface area contributed by atoms with E-state index in [1.54, 1.807) is 12.1 Å². The topological polar surface area (TPSA) is 20.2 Å². The molecule has 1 aromatic rings. The summed E-state index contributed by atoms with van der Waals surface area (Å²) in [5, 5.41) is 9.68. The molecule has 1 aromatic carbocycles. The lowest BCUT2D eigenvalue weighted by molar-refractivity contribution is -0.0328. The molecule has 0 amide bonds. The van der Waals surface area contributed by atoms with E-state index in [2.05, 4.69) is 0 Å². The standard InChI is InChI=1S/C11H11F3OS/c12-11(13,14)16-9-3-1-2-8(6-9)7-10(15)4-5-10/h1-3,6,15H,4-5,7H2. The summed E-state index contributed by atoms with van der Waals surface area (Å²) in [5.74, 6) is 0. The van der Waals surface area contributed by atoms with Crippen LogP contribution >= 0.6 is 11.8 Å². The third-order valence-electron chi connectivity index (χ3n) is 2.49. The molecule has 1 aliphatic rings. The number of alkyl halides is 3. The number of rotatable bonds is 3. The first-order valence-electron chi connectivity index (χ1n) is 4.93. The lowest BCUT2D eigenvalue weighted by Crippen LogP contribution is -2.10. The molecule has 88 valence electrons. The predicted molar refractivity (Wildman–Crippen MR) is 56.2 cm³/mol. The van der Waals surface area contributed by atoms with Crippen LogP contribution in [0.25, 0.3) is 0 Å². The number of hydrogen-bond donors (Lipinski definition) is 1. The molecule has 1 nitrogen and oxygen atoms in total. The normalized spacial score (nSPS) is 18.5. The van der Waals surface area contributed by atoms with Crippen LogP contribution in [-0.4, -0.2) is 16.2 Å². The first-order valence-corrected chi connectivity index (χ1v) is 5.75. The summed E-state index contributed by atoms with van der Waals surface area (Å²) in [7, 11) is 0. The SMILES string of the molecule is OC1(Cc2cccc(SC(F)(F)F)c2)CC1. The molecule has 0 radical (unpaired) electrons. The Kier molecular flexibility index (Phi) is 2.92. The highest BCUT2D eigenvalue weighted by atomic mass is 32.2. The Balaban J connectivity index is 2.07. The fraction of sp³-hybridized carbons (Fsp3) is 0.455. The summed E-state index contributed by atoms with van der Waals surface area (Å²) in [6.07, 6.45) is 1.92. The monoisotopic (exact) mass is 248 g/mol. The molecular formula is C11H11F3OS. The fourth-order valence-corrected chi connectivity index (χ4v) is 2.18. The average molecular weight is 248 g/mol. The minimum absolute atomic E-state index is 0.120. The van der Waals surface area contributed by atoms with Crippen molar-refractivity contribution in [2.24, 2.45) is 0 Å². The average Bonchev–Trinajstić information content (AvgIpc) is 2.80. The second kappa shape index (κ2) is 3.96. The van der Waals surface area contributed by atoms with Gasteiger partial charge in [0.2, 0.25) is 0 Å². The molecule has 1 saturated carbocycles. The van der Waals surface area contributed by atoms with Gasteiger partial charge in [-0.05, 0) is 42.3 Å². The molecule has 0 heterocycles. The van der Waals surface area contributed by atoms with Gasteiger partial charge in [0.25, 0.3) is 0 Å². The number of benzene rings is 1. The van der Waals surface area contributed by atoms with Crippen molar-refractivity contribution >= 4 is 11.8 Å². The molecule has 0 atom stereocenters. The van der Waals surface area contributed by atoms with Crippen molar-refractivity contribution in [3.05, 3.63) is 29.8 Å². The number of thioether (sulfide) groups is 1. The van der Waals surface area contributed by atoms with Gasteiger partial charge in [0, 0.05) is 11.3 Å². The second-order valence-electron chi connectivity index (χ2n) is 4.10. The summed E-state index contributed by atoms with van der Waals surface area (Å²) in [4.78, 5) is 0.175. The van der Waals surface area contributed by atoms with Crippen LogP contribution in [0.4, 0.5) is 13.2 Å². The first kappa shape index (κ1) is 11.8. The largest absolute Gasteiger partial charge is 0.446 e. The van der Waals surface area contributed by atoms with Crippen LogP contribution in [-0.2, 0) is 6.42 Å². The van der Waals surface area contributed by atoms with Crippen molar-refractivity contribution in [1.29, 1.82) is 0 Å². The van der Waals surface area contributed by atoms with Gasteiger partial charge < -0.3 is 5.11 Å². The Hall–Kier alpha value is -0.680. The molecule has 0 saturated heterocycles. The molecule has 0 aliphatic heterocycles. The number of hydrogen-bond acceptors (Lipinski definition) is 2. The van der Waals surface area contributed by atoms with E-state index < -0.39 is 11.1 Å². The molecule has 1 aliphatic carbocycles. The third-order valence-corrected chi connectivity index (χ3v) is 3.21. The van der Waals surface area contributed by atoms with Crippen LogP contribution in [0.2, 0.25) is 0 Å². The van der Waals surface area contributed by atoms with Crippen molar-refractivity contribution in [2.75, 3.05) is 0 Å². The molecule has 16 heavy (non-hydrogen) atoms. The van der Waals surface area contributed by atoms with Crippen LogP contribution in [0.1, 0.15) is 18.4 Å². The lowest BCUT2D eigenvalue weighted by atomic mass is 10.1. The van der Waals surface area contributed by atoms with Crippen molar-refractivity contribution < 1.29 is 18.3 Å². The van der Waals surface area contributed by atoms with Crippen LogP contribution in [0, 0.1) is 0 Å². The van der Waals surface area contributed by atoms with E-state index in [0.717, 1.165) is 18.4 Å². The van der Waals surface area contributed by atoms with Gasteiger partial charge in [-0.1, -0.05) is 12.1 Å². The summed E-state index contributed by atoms with van der Waals surface area (Å²) in [6, 6.07) is 6.26. The highest BCUT2D eigenvalue weighted by Crippen LogP contribution is 2.40. The summed E-state index contributed by atoms with van der Waals surface area (Å²) in [6.45, 7) is 0. The second-order valence-corrected chi connectivity index (χ2v) is 5.23. The van der Waals surface area contributed by atoms with E-state index >= 15 is 0 Å². The van der Waals surface area contributed by atoms with E-state index in [-0.39, 0.29) is 16.7 Å². The van der Waals surface area contributed by atoms with Crippen molar-refractivity contribution in [3.8, 4) is 0 Å². The Morgan fingerprint density at radius 3 is 2.56 bits per heavy atom. The zero-order valence-corrected chi connectivity index (χ0v) is 9.24. The van der Waals surface area contributed by atoms with Gasteiger partial charge in [-0.2, -0.15) is 13.2 Å². The van der Waals surface area contributed by atoms with Crippen molar-refractivity contribution in [2.45, 2.75) is 35.3 Å². The lowest BCUT2D eigenvalue weighted by Gasteiger charge is -2.10. The van der Waals surface area contributed by atoms with E-state index in [9.17, 15) is 18.3 Å². The zero-order chi connectivity index (χ0) is 11.8. The third kappa shape index (κ3) is 3.42. The Labute approximate surface area is 95.7 Å². The van der Waals surface area contributed by atoms with Gasteiger partial charge in [-0.3, -0.25) is 0 Å². The van der Waals surface area contributed by atoms with E-state index in [1.807, 2.05) is 0 Å². The number of halogens is 3. The molecule has 5 heteroatoms. The predicted octanol–water partition coefficient (Wildman–Crippen LogP) is 3.37. The first-order chi connectivity index (χ1) is 7.36. The van der Waals surface area contributed by atoms with Gasteiger partial charge in [-0.15, -0.1) is 0 Å². The maximum Gasteiger partial charge on any atom is 0.446 e.